The Kier molecular flexibility index (Phi) is 5.25. The van der Waals surface area contributed by atoms with E-state index in [1.54, 1.807) is 0 Å². The largest absolute Gasteiger partial charge is 0.459 e. The van der Waals surface area contributed by atoms with Gasteiger partial charge in [-0.2, -0.15) is 0 Å². The third-order valence-corrected chi connectivity index (χ3v) is 2.54. The van der Waals surface area contributed by atoms with Gasteiger partial charge in [-0.1, -0.05) is 42.5 Å². The van der Waals surface area contributed by atoms with Crippen LogP contribution in [0.25, 0.3) is 0 Å². The summed E-state index contributed by atoms with van der Waals surface area (Å²) >= 11 is 4.64. The van der Waals surface area contributed by atoms with E-state index < -0.39 is 17.6 Å². The molecule has 0 aromatic heterocycles. The fourth-order valence-electron chi connectivity index (χ4n) is 1.44. The summed E-state index contributed by atoms with van der Waals surface area (Å²) in [5.41, 5.74) is 0.845. The van der Waals surface area contributed by atoms with E-state index in [-0.39, 0.29) is 6.61 Å². The predicted octanol–water partition coefficient (Wildman–Crippen LogP) is 1.42. The van der Waals surface area contributed by atoms with Crippen molar-refractivity contribution in [1.82, 2.24) is 5.32 Å². The maximum atomic E-state index is 11.8. The van der Waals surface area contributed by atoms with Gasteiger partial charge in [-0.15, -0.1) is 0 Å². The highest BCUT2D eigenvalue weighted by Gasteiger charge is 2.33. The number of carbonyl (C=O) groups is 1. The standard InChI is InChI=1S/C13H17NO3S/c1-13(2,16)11(14-9-18)12(15)17-8-10-6-4-3-5-7-10/h3-7,9,11,16H,8H2,1-2H3,(H,14,18). The number of thiocarbonyl (C=S) groups is 1. The third-order valence-electron chi connectivity index (χ3n) is 2.40. The zero-order valence-electron chi connectivity index (χ0n) is 10.4. The normalized spacial score (nSPS) is 12.6. The second kappa shape index (κ2) is 6.47. The van der Waals surface area contributed by atoms with Crippen LogP contribution in [0, 0.1) is 0 Å². The summed E-state index contributed by atoms with van der Waals surface area (Å²) in [6.07, 6.45) is 0. The van der Waals surface area contributed by atoms with Gasteiger partial charge in [-0.05, 0) is 19.4 Å². The highest BCUT2D eigenvalue weighted by Crippen LogP contribution is 2.11. The minimum Gasteiger partial charge on any atom is -0.459 e. The van der Waals surface area contributed by atoms with E-state index in [4.69, 9.17) is 4.74 Å². The zero-order chi connectivity index (χ0) is 13.6. The van der Waals surface area contributed by atoms with Crippen LogP contribution in [0.15, 0.2) is 30.3 Å². The van der Waals surface area contributed by atoms with Gasteiger partial charge in [0.05, 0.1) is 11.1 Å². The van der Waals surface area contributed by atoms with E-state index in [0.29, 0.717) is 0 Å². The number of rotatable bonds is 6. The Morgan fingerprint density at radius 2 is 2.11 bits per heavy atom. The van der Waals surface area contributed by atoms with Gasteiger partial charge in [0.25, 0.3) is 0 Å². The third kappa shape index (κ3) is 4.43. The first-order valence-electron chi connectivity index (χ1n) is 5.58. The lowest BCUT2D eigenvalue weighted by atomic mass is 9.99. The molecule has 0 fully saturated rings. The van der Waals surface area contributed by atoms with Gasteiger partial charge in [0, 0.05) is 0 Å². The molecule has 98 valence electrons. The number of hydrogen-bond acceptors (Lipinski definition) is 4. The molecule has 4 nitrogen and oxygen atoms in total. The summed E-state index contributed by atoms with van der Waals surface area (Å²) in [5.74, 6) is -0.535. The highest BCUT2D eigenvalue weighted by atomic mass is 32.1. The monoisotopic (exact) mass is 267 g/mol. The Morgan fingerprint density at radius 1 is 1.50 bits per heavy atom. The zero-order valence-corrected chi connectivity index (χ0v) is 11.2. The summed E-state index contributed by atoms with van der Waals surface area (Å²) in [5, 5.41) is 12.5. The molecule has 0 spiro atoms. The Labute approximate surface area is 112 Å². The minimum atomic E-state index is -1.25. The van der Waals surface area contributed by atoms with Crippen molar-refractivity contribution in [3.8, 4) is 0 Å². The van der Waals surface area contributed by atoms with Crippen LogP contribution < -0.4 is 5.32 Å². The molecular weight excluding hydrogens is 250 g/mol. The van der Waals surface area contributed by atoms with Crippen molar-refractivity contribution >= 4 is 23.7 Å². The quantitative estimate of drug-likeness (QED) is 0.603. The summed E-state index contributed by atoms with van der Waals surface area (Å²) in [6.45, 7) is 3.21. The first-order valence-corrected chi connectivity index (χ1v) is 6.05. The Bertz CT molecular complexity index is 400. The molecule has 0 aliphatic carbocycles. The molecule has 0 saturated heterocycles. The van der Waals surface area contributed by atoms with E-state index in [1.165, 1.54) is 19.3 Å². The highest BCUT2D eigenvalue weighted by molar-refractivity contribution is 7.78. The van der Waals surface area contributed by atoms with E-state index in [2.05, 4.69) is 17.5 Å². The average molecular weight is 267 g/mol. The van der Waals surface area contributed by atoms with Gasteiger partial charge in [-0.3, -0.25) is 0 Å². The molecule has 1 aromatic rings. The molecule has 0 aliphatic heterocycles. The van der Waals surface area contributed by atoms with Gasteiger partial charge >= 0.3 is 5.97 Å². The molecular formula is C13H17NO3S. The molecule has 2 N–H and O–H groups in total. The summed E-state index contributed by atoms with van der Waals surface area (Å²) in [4.78, 5) is 11.8. The lowest BCUT2D eigenvalue weighted by molar-refractivity contribution is -0.152. The van der Waals surface area contributed by atoms with Gasteiger partial charge in [-0.25, -0.2) is 4.79 Å². The first-order chi connectivity index (χ1) is 8.45. The molecule has 1 rings (SSSR count). The Balaban J connectivity index is 2.60. The van der Waals surface area contributed by atoms with Crippen molar-refractivity contribution < 1.29 is 14.6 Å². The lowest BCUT2D eigenvalue weighted by Gasteiger charge is -2.27. The molecule has 0 bridgehead atoms. The number of aliphatic hydroxyl groups is 1. The molecule has 1 aromatic carbocycles. The number of esters is 1. The molecule has 5 heteroatoms. The van der Waals surface area contributed by atoms with Gasteiger partial charge < -0.3 is 15.2 Å². The maximum absolute atomic E-state index is 11.8. The van der Waals surface area contributed by atoms with E-state index >= 15 is 0 Å². The SMILES string of the molecule is CC(C)(O)C(NC=S)C(=O)OCc1ccccc1. The molecule has 0 heterocycles. The molecule has 0 saturated carbocycles. The summed E-state index contributed by atoms with van der Waals surface area (Å²) in [7, 11) is 0. The molecule has 1 atom stereocenters. The number of hydrogen-bond donors (Lipinski definition) is 2. The lowest BCUT2D eigenvalue weighted by Crippen LogP contribution is -2.52. The summed E-state index contributed by atoms with van der Waals surface area (Å²) in [6, 6.07) is 8.47. The van der Waals surface area contributed by atoms with Crippen molar-refractivity contribution in [1.29, 1.82) is 0 Å². The average Bonchev–Trinajstić information content (AvgIpc) is 2.33. The maximum Gasteiger partial charge on any atom is 0.331 e. The number of nitrogens with one attached hydrogen (secondary N) is 1. The van der Waals surface area contributed by atoms with Gasteiger partial charge in [0.2, 0.25) is 0 Å². The van der Waals surface area contributed by atoms with Crippen LogP contribution in [-0.2, 0) is 16.1 Å². The molecule has 18 heavy (non-hydrogen) atoms. The van der Waals surface area contributed by atoms with Crippen molar-refractivity contribution in [2.24, 2.45) is 0 Å². The minimum absolute atomic E-state index is 0.172. The Hall–Kier alpha value is -1.46. The van der Waals surface area contributed by atoms with E-state index in [0.717, 1.165) is 5.56 Å². The molecule has 0 amide bonds. The van der Waals surface area contributed by atoms with Crippen molar-refractivity contribution in [2.75, 3.05) is 0 Å². The van der Waals surface area contributed by atoms with Gasteiger partial charge in [0.1, 0.15) is 6.61 Å². The number of carbonyl (C=O) groups excluding carboxylic acids is 1. The Morgan fingerprint density at radius 3 is 2.61 bits per heavy atom. The van der Waals surface area contributed by atoms with Crippen LogP contribution >= 0.6 is 12.2 Å². The van der Waals surface area contributed by atoms with Crippen LogP contribution in [0.4, 0.5) is 0 Å². The molecule has 1 unspecified atom stereocenters. The first kappa shape index (κ1) is 14.6. The predicted molar refractivity (Wildman–Crippen MR) is 73.1 cm³/mol. The van der Waals surface area contributed by atoms with Crippen LogP contribution in [0.1, 0.15) is 19.4 Å². The number of ether oxygens (including phenoxy) is 1. The number of benzene rings is 1. The second-order valence-electron chi connectivity index (χ2n) is 4.46. The molecule has 0 aliphatic rings. The van der Waals surface area contributed by atoms with E-state index in [9.17, 15) is 9.90 Å². The van der Waals surface area contributed by atoms with Crippen molar-refractivity contribution in [2.45, 2.75) is 32.1 Å². The second-order valence-corrected chi connectivity index (χ2v) is 4.70. The van der Waals surface area contributed by atoms with Crippen molar-refractivity contribution in [3.05, 3.63) is 35.9 Å². The molecule has 0 radical (unpaired) electrons. The van der Waals surface area contributed by atoms with Crippen LogP contribution in [-0.4, -0.2) is 28.2 Å². The fraction of sp³-hybridized carbons (Fsp3) is 0.385. The van der Waals surface area contributed by atoms with Crippen LogP contribution in [0.3, 0.4) is 0 Å². The summed E-state index contributed by atoms with van der Waals surface area (Å²) < 4.78 is 5.14. The van der Waals surface area contributed by atoms with Crippen molar-refractivity contribution in [3.63, 3.8) is 0 Å². The van der Waals surface area contributed by atoms with E-state index in [1.807, 2.05) is 30.3 Å². The topological polar surface area (TPSA) is 58.6 Å². The van der Waals surface area contributed by atoms with Crippen LogP contribution in [0.2, 0.25) is 0 Å². The smallest absolute Gasteiger partial charge is 0.331 e. The fourth-order valence-corrected chi connectivity index (χ4v) is 1.58. The van der Waals surface area contributed by atoms with Gasteiger partial charge in [0.15, 0.2) is 6.04 Å². The van der Waals surface area contributed by atoms with Crippen LogP contribution in [0.5, 0.6) is 0 Å².